The van der Waals surface area contributed by atoms with Gasteiger partial charge < -0.3 is 15.0 Å². The van der Waals surface area contributed by atoms with E-state index in [0.717, 1.165) is 35.9 Å². The number of aromatic amines is 1. The van der Waals surface area contributed by atoms with Crippen LogP contribution in [0.3, 0.4) is 0 Å². The van der Waals surface area contributed by atoms with E-state index in [1.807, 2.05) is 51.1 Å². The minimum Gasteiger partial charge on any atom is -0.444 e. The second kappa shape index (κ2) is 8.94. The SMILES string of the molecule is CC(C)(C)OC(=O)NCCCCc1cc(-c2c([N+](=O)[O-])cnc3ccccc23)c[nH]1. The van der Waals surface area contributed by atoms with E-state index in [4.69, 9.17) is 4.74 Å². The monoisotopic (exact) mass is 410 g/mol. The fourth-order valence-electron chi connectivity index (χ4n) is 3.25. The second-order valence-corrected chi connectivity index (χ2v) is 8.09. The van der Waals surface area contributed by atoms with Crippen molar-refractivity contribution < 1.29 is 14.5 Å². The number of pyridine rings is 1. The molecule has 0 saturated heterocycles. The van der Waals surface area contributed by atoms with Crippen LogP contribution in [-0.2, 0) is 11.2 Å². The maximum atomic E-state index is 11.6. The lowest BCUT2D eigenvalue weighted by molar-refractivity contribution is -0.384. The molecule has 0 aliphatic carbocycles. The summed E-state index contributed by atoms with van der Waals surface area (Å²) in [6.45, 7) is 6.01. The summed E-state index contributed by atoms with van der Waals surface area (Å²) in [5.41, 5.74) is 2.51. The summed E-state index contributed by atoms with van der Waals surface area (Å²) in [6.07, 6.45) is 5.12. The zero-order valence-corrected chi connectivity index (χ0v) is 17.4. The summed E-state index contributed by atoms with van der Waals surface area (Å²) in [6, 6.07) is 9.34. The third-order valence-corrected chi connectivity index (χ3v) is 4.52. The molecule has 0 spiro atoms. The van der Waals surface area contributed by atoms with Crippen molar-refractivity contribution in [3.05, 3.63) is 58.5 Å². The minimum absolute atomic E-state index is 0.0131. The number of benzene rings is 1. The van der Waals surface area contributed by atoms with Crippen molar-refractivity contribution in [3.63, 3.8) is 0 Å². The summed E-state index contributed by atoms with van der Waals surface area (Å²) >= 11 is 0. The Kier molecular flexibility index (Phi) is 6.34. The van der Waals surface area contributed by atoms with E-state index >= 15 is 0 Å². The molecule has 0 aliphatic heterocycles. The number of fused-ring (bicyclic) bond motifs is 1. The third-order valence-electron chi connectivity index (χ3n) is 4.52. The van der Waals surface area contributed by atoms with Crippen molar-refractivity contribution in [3.8, 4) is 11.1 Å². The van der Waals surface area contributed by atoms with Crippen molar-refractivity contribution in [2.24, 2.45) is 0 Å². The van der Waals surface area contributed by atoms with Gasteiger partial charge in [0, 0.05) is 29.4 Å². The maximum absolute atomic E-state index is 11.6. The Morgan fingerprint density at radius 1 is 1.27 bits per heavy atom. The molecular formula is C22H26N4O4. The molecule has 1 amide bonds. The highest BCUT2D eigenvalue weighted by Gasteiger charge is 2.20. The highest BCUT2D eigenvalue weighted by atomic mass is 16.6. The second-order valence-electron chi connectivity index (χ2n) is 8.09. The Morgan fingerprint density at radius 3 is 2.77 bits per heavy atom. The first-order valence-electron chi connectivity index (χ1n) is 9.91. The van der Waals surface area contributed by atoms with Crippen LogP contribution in [0, 0.1) is 10.1 Å². The van der Waals surface area contributed by atoms with Gasteiger partial charge in [0.05, 0.1) is 16.0 Å². The number of H-pyrrole nitrogens is 1. The fourth-order valence-corrected chi connectivity index (χ4v) is 3.25. The number of ether oxygens (including phenoxy) is 1. The number of hydrogen-bond acceptors (Lipinski definition) is 5. The van der Waals surface area contributed by atoms with Gasteiger partial charge >= 0.3 is 6.09 Å². The Hall–Kier alpha value is -3.42. The van der Waals surface area contributed by atoms with Crippen molar-refractivity contribution in [1.29, 1.82) is 0 Å². The number of amides is 1. The van der Waals surface area contributed by atoms with Crippen LogP contribution in [0.1, 0.15) is 39.3 Å². The number of hydrogen-bond donors (Lipinski definition) is 2. The van der Waals surface area contributed by atoms with E-state index in [0.29, 0.717) is 17.6 Å². The lowest BCUT2D eigenvalue weighted by Gasteiger charge is -2.19. The number of rotatable bonds is 7. The van der Waals surface area contributed by atoms with Crippen LogP contribution in [0.25, 0.3) is 22.0 Å². The van der Waals surface area contributed by atoms with Gasteiger partial charge in [-0.05, 0) is 52.2 Å². The average molecular weight is 410 g/mol. The zero-order chi connectivity index (χ0) is 21.7. The van der Waals surface area contributed by atoms with Crippen LogP contribution in [0.2, 0.25) is 0 Å². The normalized spacial score (nSPS) is 11.4. The Balaban J connectivity index is 1.64. The average Bonchev–Trinajstić information content (AvgIpc) is 3.13. The van der Waals surface area contributed by atoms with Crippen LogP contribution in [0.15, 0.2) is 42.7 Å². The number of aryl methyl sites for hydroxylation is 1. The molecule has 2 heterocycles. The number of carbonyl (C=O) groups excluding carboxylic acids is 1. The van der Waals surface area contributed by atoms with Crippen LogP contribution < -0.4 is 5.32 Å². The molecule has 3 aromatic rings. The summed E-state index contributed by atoms with van der Waals surface area (Å²) in [5, 5.41) is 15.0. The first-order valence-corrected chi connectivity index (χ1v) is 9.91. The Bertz CT molecular complexity index is 1050. The molecule has 2 N–H and O–H groups in total. The molecule has 8 heteroatoms. The van der Waals surface area contributed by atoms with E-state index in [-0.39, 0.29) is 5.69 Å². The van der Waals surface area contributed by atoms with Gasteiger partial charge in [-0.3, -0.25) is 10.1 Å². The minimum atomic E-state index is -0.509. The predicted octanol–water partition coefficient (Wildman–Crippen LogP) is 4.99. The molecule has 0 aliphatic rings. The Labute approximate surface area is 174 Å². The summed E-state index contributed by atoms with van der Waals surface area (Å²) in [4.78, 5) is 30.2. The number of para-hydroxylation sites is 1. The molecule has 0 radical (unpaired) electrons. The van der Waals surface area contributed by atoms with Crippen molar-refractivity contribution in [1.82, 2.24) is 15.3 Å². The quantitative estimate of drug-likeness (QED) is 0.324. The van der Waals surface area contributed by atoms with Crippen molar-refractivity contribution in [2.45, 2.75) is 45.6 Å². The van der Waals surface area contributed by atoms with Gasteiger partial charge in [-0.25, -0.2) is 9.78 Å². The van der Waals surface area contributed by atoms with Crippen LogP contribution in [-0.4, -0.2) is 33.1 Å². The fraction of sp³-hybridized carbons (Fsp3) is 0.364. The predicted molar refractivity (Wildman–Crippen MR) is 115 cm³/mol. The molecule has 158 valence electrons. The molecule has 0 bridgehead atoms. The molecule has 0 saturated carbocycles. The molecule has 8 nitrogen and oxygen atoms in total. The molecule has 1 aromatic carbocycles. The molecule has 30 heavy (non-hydrogen) atoms. The number of alkyl carbamates (subject to hydrolysis) is 1. The first kappa shape index (κ1) is 21.3. The number of nitrogens with zero attached hydrogens (tertiary/aromatic N) is 2. The highest BCUT2D eigenvalue weighted by Crippen LogP contribution is 2.36. The zero-order valence-electron chi connectivity index (χ0n) is 17.4. The molecule has 0 unspecified atom stereocenters. The topological polar surface area (TPSA) is 110 Å². The third kappa shape index (κ3) is 5.34. The number of carbonyl (C=O) groups is 1. The van der Waals surface area contributed by atoms with Crippen molar-refractivity contribution in [2.75, 3.05) is 6.54 Å². The Morgan fingerprint density at radius 2 is 2.03 bits per heavy atom. The first-order chi connectivity index (χ1) is 14.2. The molecule has 2 aromatic heterocycles. The van der Waals surface area contributed by atoms with Crippen LogP contribution >= 0.6 is 0 Å². The molecule has 0 atom stereocenters. The van der Waals surface area contributed by atoms with Gasteiger partial charge in [-0.1, -0.05) is 18.2 Å². The van der Waals surface area contributed by atoms with E-state index in [1.165, 1.54) is 6.20 Å². The maximum Gasteiger partial charge on any atom is 0.407 e. The smallest absolute Gasteiger partial charge is 0.407 e. The summed E-state index contributed by atoms with van der Waals surface area (Å²) < 4.78 is 5.20. The number of unbranched alkanes of at least 4 members (excludes halogenated alkanes) is 1. The molecule has 0 fully saturated rings. The number of aromatic nitrogens is 2. The van der Waals surface area contributed by atoms with E-state index in [9.17, 15) is 14.9 Å². The van der Waals surface area contributed by atoms with Gasteiger partial charge in [0.1, 0.15) is 11.8 Å². The van der Waals surface area contributed by atoms with Gasteiger partial charge in [0.25, 0.3) is 5.69 Å². The van der Waals surface area contributed by atoms with Gasteiger partial charge in [0.15, 0.2) is 0 Å². The lowest BCUT2D eigenvalue weighted by Crippen LogP contribution is -2.33. The highest BCUT2D eigenvalue weighted by molar-refractivity contribution is 5.98. The standard InChI is InChI=1S/C22H26N4O4/c1-22(2,3)30-21(27)23-11-7-6-8-16-12-15(13-24-16)20-17-9-4-5-10-18(17)25-14-19(20)26(28)29/h4-5,9-10,12-14,24H,6-8,11H2,1-3H3,(H,23,27). The van der Waals surface area contributed by atoms with Gasteiger partial charge in [-0.15, -0.1) is 0 Å². The van der Waals surface area contributed by atoms with E-state index in [2.05, 4.69) is 15.3 Å². The van der Waals surface area contributed by atoms with E-state index in [1.54, 1.807) is 6.20 Å². The van der Waals surface area contributed by atoms with Crippen LogP contribution in [0.5, 0.6) is 0 Å². The molecular weight excluding hydrogens is 384 g/mol. The molecule has 3 rings (SSSR count). The van der Waals surface area contributed by atoms with Gasteiger partial charge in [0.2, 0.25) is 0 Å². The van der Waals surface area contributed by atoms with Gasteiger partial charge in [-0.2, -0.15) is 0 Å². The number of nitrogens with one attached hydrogen (secondary N) is 2. The van der Waals surface area contributed by atoms with Crippen LogP contribution in [0.4, 0.5) is 10.5 Å². The number of nitro groups is 1. The lowest BCUT2D eigenvalue weighted by atomic mass is 10.0. The largest absolute Gasteiger partial charge is 0.444 e. The van der Waals surface area contributed by atoms with E-state index < -0.39 is 16.6 Å². The van der Waals surface area contributed by atoms with Crippen molar-refractivity contribution >= 4 is 22.7 Å². The summed E-state index contributed by atoms with van der Waals surface area (Å²) in [7, 11) is 0. The summed E-state index contributed by atoms with van der Waals surface area (Å²) in [5.74, 6) is 0.